The van der Waals surface area contributed by atoms with E-state index in [1.165, 1.54) is 12.1 Å². The van der Waals surface area contributed by atoms with E-state index in [0.29, 0.717) is 6.54 Å². The lowest BCUT2D eigenvalue weighted by Crippen LogP contribution is -2.49. The highest BCUT2D eigenvalue weighted by Gasteiger charge is 2.18. The highest BCUT2D eigenvalue weighted by Crippen LogP contribution is 2.13. The number of nitrogens with one attached hydrogen (secondary N) is 2. The number of carbonyl (C=O) groups excluding carboxylic acids is 1. The van der Waals surface area contributed by atoms with Gasteiger partial charge in [0.2, 0.25) is 5.91 Å². The van der Waals surface area contributed by atoms with Gasteiger partial charge < -0.3 is 10.6 Å². The molecule has 0 aliphatic heterocycles. The van der Waals surface area contributed by atoms with E-state index in [-0.39, 0.29) is 23.2 Å². The van der Waals surface area contributed by atoms with Crippen LogP contribution in [0.2, 0.25) is 0 Å². The maximum atomic E-state index is 11.9. The first-order chi connectivity index (χ1) is 9.19. The van der Waals surface area contributed by atoms with Crippen LogP contribution in [0.25, 0.3) is 0 Å². The average Bonchev–Trinajstić information content (AvgIpc) is 2.34. The van der Waals surface area contributed by atoms with Crippen LogP contribution < -0.4 is 10.6 Å². The van der Waals surface area contributed by atoms with Gasteiger partial charge in [0.25, 0.3) is 5.69 Å². The molecule has 1 atom stereocenters. The molecule has 1 amide bonds. The van der Waals surface area contributed by atoms with Crippen LogP contribution in [-0.4, -0.2) is 22.4 Å². The summed E-state index contributed by atoms with van der Waals surface area (Å²) in [6.45, 7) is 7.91. The van der Waals surface area contributed by atoms with E-state index >= 15 is 0 Å². The third-order valence-electron chi connectivity index (χ3n) is 2.63. The molecule has 0 spiro atoms. The van der Waals surface area contributed by atoms with Gasteiger partial charge in [0, 0.05) is 24.2 Å². The first-order valence-electron chi connectivity index (χ1n) is 6.48. The highest BCUT2D eigenvalue weighted by molar-refractivity contribution is 5.81. The van der Waals surface area contributed by atoms with E-state index in [1.54, 1.807) is 19.1 Å². The molecule has 0 aliphatic rings. The second kappa shape index (κ2) is 6.47. The van der Waals surface area contributed by atoms with Crippen molar-refractivity contribution in [3.05, 3.63) is 39.9 Å². The van der Waals surface area contributed by atoms with Gasteiger partial charge in [0.05, 0.1) is 11.0 Å². The number of carbonyl (C=O) groups is 1. The Hall–Kier alpha value is -1.95. The maximum absolute atomic E-state index is 11.9. The number of rotatable bonds is 5. The normalized spacial score (nSPS) is 12.8. The average molecular weight is 279 g/mol. The lowest BCUT2D eigenvalue weighted by Gasteiger charge is -2.23. The molecule has 1 aromatic carbocycles. The van der Waals surface area contributed by atoms with Crippen molar-refractivity contribution in [2.45, 2.75) is 45.8 Å². The lowest BCUT2D eigenvalue weighted by atomic mass is 10.1. The summed E-state index contributed by atoms with van der Waals surface area (Å²) in [4.78, 5) is 22.1. The second-order valence-corrected chi connectivity index (χ2v) is 5.77. The fourth-order valence-electron chi connectivity index (χ4n) is 1.62. The van der Waals surface area contributed by atoms with Gasteiger partial charge in [-0.25, -0.2) is 0 Å². The van der Waals surface area contributed by atoms with Gasteiger partial charge in [0.1, 0.15) is 0 Å². The number of nitro benzene ring substituents is 1. The molecule has 6 heteroatoms. The number of nitro groups is 1. The molecule has 0 aromatic heterocycles. The van der Waals surface area contributed by atoms with Gasteiger partial charge in [-0.1, -0.05) is 12.1 Å². The largest absolute Gasteiger partial charge is 0.350 e. The second-order valence-electron chi connectivity index (χ2n) is 5.77. The van der Waals surface area contributed by atoms with Gasteiger partial charge >= 0.3 is 0 Å². The number of non-ortho nitro benzene ring substituents is 1. The van der Waals surface area contributed by atoms with Crippen molar-refractivity contribution in [3.8, 4) is 0 Å². The summed E-state index contributed by atoms with van der Waals surface area (Å²) in [6, 6.07) is 6.00. The molecule has 6 nitrogen and oxygen atoms in total. The van der Waals surface area contributed by atoms with Crippen LogP contribution in [0.4, 0.5) is 5.69 Å². The molecule has 0 heterocycles. The molecule has 0 radical (unpaired) electrons. The van der Waals surface area contributed by atoms with Crippen LogP contribution in [0.3, 0.4) is 0 Å². The van der Waals surface area contributed by atoms with E-state index in [2.05, 4.69) is 10.6 Å². The van der Waals surface area contributed by atoms with Crippen molar-refractivity contribution in [2.75, 3.05) is 0 Å². The Morgan fingerprint density at radius 1 is 1.40 bits per heavy atom. The predicted molar refractivity (Wildman–Crippen MR) is 77.3 cm³/mol. The summed E-state index contributed by atoms with van der Waals surface area (Å²) in [6.07, 6.45) is 0. The predicted octanol–water partition coefficient (Wildman–Crippen LogP) is 1.99. The molecule has 0 aliphatic carbocycles. The van der Waals surface area contributed by atoms with Crippen molar-refractivity contribution in [2.24, 2.45) is 0 Å². The molecule has 1 unspecified atom stereocenters. The Kier molecular flexibility index (Phi) is 5.21. The van der Waals surface area contributed by atoms with E-state index in [9.17, 15) is 14.9 Å². The molecular weight excluding hydrogens is 258 g/mol. The van der Waals surface area contributed by atoms with Crippen LogP contribution in [0.5, 0.6) is 0 Å². The summed E-state index contributed by atoms with van der Waals surface area (Å²) >= 11 is 0. The first-order valence-corrected chi connectivity index (χ1v) is 6.48. The summed E-state index contributed by atoms with van der Waals surface area (Å²) in [7, 11) is 0. The number of hydrogen-bond donors (Lipinski definition) is 2. The minimum absolute atomic E-state index is 0.0519. The van der Waals surface area contributed by atoms with Crippen molar-refractivity contribution in [1.29, 1.82) is 0 Å². The number of nitrogens with zero attached hydrogens (tertiary/aromatic N) is 1. The van der Waals surface area contributed by atoms with Crippen LogP contribution in [-0.2, 0) is 11.3 Å². The number of amides is 1. The zero-order valence-corrected chi connectivity index (χ0v) is 12.3. The molecule has 20 heavy (non-hydrogen) atoms. The zero-order valence-electron chi connectivity index (χ0n) is 12.3. The Labute approximate surface area is 118 Å². The maximum Gasteiger partial charge on any atom is 0.269 e. The molecule has 110 valence electrons. The molecule has 2 N–H and O–H groups in total. The van der Waals surface area contributed by atoms with Crippen LogP contribution in [0.1, 0.15) is 33.3 Å². The lowest BCUT2D eigenvalue weighted by molar-refractivity contribution is -0.384. The van der Waals surface area contributed by atoms with Crippen molar-refractivity contribution < 1.29 is 9.72 Å². The van der Waals surface area contributed by atoms with Crippen LogP contribution >= 0.6 is 0 Å². The minimum Gasteiger partial charge on any atom is -0.350 e. The summed E-state index contributed by atoms with van der Waals surface area (Å²) < 4.78 is 0. The molecule has 1 aromatic rings. The van der Waals surface area contributed by atoms with Gasteiger partial charge in [-0.2, -0.15) is 0 Å². The minimum atomic E-state index is -0.431. The first kappa shape index (κ1) is 16.1. The summed E-state index contributed by atoms with van der Waals surface area (Å²) in [5.41, 5.74) is 0.546. The quantitative estimate of drug-likeness (QED) is 0.637. The smallest absolute Gasteiger partial charge is 0.269 e. The topological polar surface area (TPSA) is 84.3 Å². The van der Waals surface area contributed by atoms with Crippen LogP contribution in [0, 0.1) is 10.1 Å². The van der Waals surface area contributed by atoms with Gasteiger partial charge in [-0.3, -0.25) is 14.9 Å². The molecule has 0 saturated carbocycles. The van der Waals surface area contributed by atoms with E-state index in [4.69, 9.17) is 0 Å². The molecule has 0 fully saturated rings. The monoisotopic (exact) mass is 279 g/mol. The highest BCUT2D eigenvalue weighted by atomic mass is 16.6. The fraction of sp³-hybridized carbons (Fsp3) is 0.500. The standard InChI is InChI=1S/C14H21N3O3/c1-10(13(18)16-14(2,3)4)15-9-11-6-5-7-12(8-11)17(19)20/h5-8,10,15H,9H2,1-4H3,(H,16,18). The van der Waals surface area contributed by atoms with Gasteiger partial charge in [-0.05, 0) is 33.3 Å². The van der Waals surface area contributed by atoms with E-state index in [0.717, 1.165) is 5.56 Å². The number of benzene rings is 1. The molecular formula is C14H21N3O3. The third-order valence-corrected chi connectivity index (χ3v) is 2.63. The molecule has 0 saturated heterocycles. The SMILES string of the molecule is CC(NCc1cccc([N+](=O)[O-])c1)C(=O)NC(C)(C)C. The Morgan fingerprint density at radius 3 is 2.60 bits per heavy atom. The Morgan fingerprint density at radius 2 is 2.05 bits per heavy atom. The van der Waals surface area contributed by atoms with Crippen molar-refractivity contribution in [3.63, 3.8) is 0 Å². The Balaban J connectivity index is 2.56. The summed E-state index contributed by atoms with van der Waals surface area (Å²) in [5, 5.41) is 16.6. The molecule has 1 rings (SSSR count). The zero-order chi connectivity index (χ0) is 15.3. The fourth-order valence-corrected chi connectivity index (χ4v) is 1.62. The van der Waals surface area contributed by atoms with Gasteiger partial charge in [0.15, 0.2) is 0 Å². The van der Waals surface area contributed by atoms with Crippen LogP contribution in [0.15, 0.2) is 24.3 Å². The van der Waals surface area contributed by atoms with E-state index < -0.39 is 4.92 Å². The van der Waals surface area contributed by atoms with Crippen molar-refractivity contribution >= 4 is 11.6 Å². The molecule has 0 bridgehead atoms. The third kappa shape index (κ3) is 5.36. The number of hydrogen-bond acceptors (Lipinski definition) is 4. The van der Waals surface area contributed by atoms with E-state index in [1.807, 2.05) is 20.8 Å². The van der Waals surface area contributed by atoms with Crippen molar-refractivity contribution in [1.82, 2.24) is 10.6 Å². The summed E-state index contributed by atoms with van der Waals surface area (Å²) in [5.74, 6) is -0.0945. The van der Waals surface area contributed by atoms with Gasteiger partial charge in [-0.15, -0.1) is 0 Å². The Bertz CT molecular complexity index is 495.